The van der Waals surface area contributed by atoms with Crippen LogP contribution < -0.4 is 5.32 Å². The van der Waals surface area contributed by atoms with Crippen LogP contribution in [0.25, 0.3) is 0 Å². The van der Waals surface area contributed by atoms with E-state index in [-0.39, 0.29) is 5.91 Å². The first-order valence-electron chi connectivity index (χ1n) is 6.54. The zero-order valence-corrected chi connectivity index (χ0v) is 13.7. The van der Waals surface area contributed by atoms with E-state index in [0.717, 1.165) is 21.6 Å². The van der Waals surface area contributed by atoms with Crippen molar-refractivity contribution in [3.05, 3.63) is 28.2 Å². The van der Waals surface area contributed by atoms with Crippen molar-refractivity contribution in [2.24, 2.45) is 7.05 Å². The van der Waals surface area contributed by atoms with Crippen molar-refractivity contribution >= 4 is 29.0 Å². The molecule has 2 heterocycles. The molecule has 2 rings (SSSR count). The molecule has 0 atom stereocenters. The number of thiophene rings is 1. The van der Waals surface area contributed by atoms with Gasteiger partial charge in [-0.2, -0.15) is 0 Å². The van der Waals surface area contributed by atoms with Crippen LogP contribution in [-0.2, 0) is 18.2 Å². The third-order valence-electron chi connectivity index (χ3n) is 2.82. The number of nitrogens with one attached hydrogen (secondary N) is 1. The van der Waals surface area contributed by atoms with Gasteiger partial charge in [-0.25, -0.2) is 0 Å². The second kappa shape index (κ2) is 8.16. The quantitative estimate of drug-likeness (QED) is 0.589. The van der Waals surface area contributed by atoms with Gasteiger partial charge in [0.1, 0.15) is 5.82 Å². The number of nitrogens with zero attached hydrogens (tertiary/aromatic N) is 3. The molecule has 0 saturated carbocycles. The summed E-state index contributed by atoms with van der Waals surface area (Å²) in [5.74, 6) is 1.67. The highest BCUT2D eigenvalue weighted by atomic mass is 32.2. The molecule has 0 spiro atoms. The van der Waals surface area contributed by atoms with Crippen LogP contribution in [0.15, 0.2) is 22.7 Å². The normalized spacial score (nSPS) is 10.8. The van der Waals surface area contributed by atoms with Crippen molar-refractivity contribution in [2.75, 3.05) is 26.0 Å². The highest BCUT2D eigenvalue weighted by Gasteiger charge is 2.10. The smallest absolute Gasteiger partial charge is 0.261 e. The van der Waals surface area contributed by atoms with Crippen LogP contribution in [-0.4, -0.2) is 46.7 Å². The fraction of sp³-hybridized carbons (Fsp3) is 0.462. The number of hydrogen-bond acceptors (Lipinski definition) is 6. The largest absolute Gasteiger partial charge is 0.384 e. The van der Waals surface area contributed by atoms with Crippen molar-refractivity contribution in [1.82, 2.24) is 20.1 Å². The van der Waals surface area contributed by atoms with Gasteiger partial charge in [-0.15, -0.1) is 21.5 Å². The van der Waals surface area contributed by atoms with Gasteiger partial charge in [0.15, 0.2) is 5.16 Å². The van der Waals surface area contributed by atoms with Crippen LogP contribution in [0, 0.1) is 0 Å². The molecule has 0 aliphatic heterocycles. The minimum atomic E-state index is -0.0399. The Hall–Kier alpha value is -1.38. The molecule has 0 unspecified atom stereocenters. The van der Waals surface area contributed by atoms with Crippen LogP contribution in [0.3, 0.4) is 0 Å². The van der Waals surface area contributed by atoms with E-state index in [4.69, 9.17) is 4.74 Å². The maximum Gasteiger partial charge on any atom is 0.261 e. The van der Waals surface area contributed by atoms with E-state index in [1.165, 1.54) is 11.3 Å². The summed E-state index contributed by atoms with van der Waals surface area (Å²) in [4.78, 5) is 12.5. The van der Waals surface area contributed by atoms with Gasteiger partial charge in [0.2, 0.25) is 0 Å². The summed E-state index contributed by atoms with van der Waals surface area (Å²) in [7, 11) is 3.62. The number of amides is 1. The lowest BCUT2D eigenvalue weighted by Crippen LogP contribution is -2.25. The van der Waals surface area contributed by atoms with E-state index >= 15 is 0 Å². The molecule has 8 heteroatoms. The molecule has 21 heavy (non-hydrogen) atoms. The van der Waals surface area contributed by atoms with Gasteiger partial charge in [-0.3, -0.25) is 4.79 Å². The number of carbonyl (C=O) groups is 1. The first-order valence-corrected chi connectivity index (χ1v) is 8.40. The molecule has 0 fully saturated rings. The van der Waals surface area contributed by atoms with E-state index in [1.807, 2.05) is 29.1 Å². The van der Waals surface area contributed by atoms with E-state index in [0.29, 0.717) is 19.6 Å². The zero-order chi connectivity index (χ0) is 15.1. The van der Waals surface area contributed by atoms with E-state index in [1.54, 1.807) is 18.9 Å². The molecule has 2 aromatic rings. The van der Waals surface area contributed by atoms with Gasteiger partial charge in [-0.1, -0.05) is 17.8 Å². The van der Waals surface area contributed by atoms with Crippen LogP contribution in [0.2, 0.25) is 0 Å². The number of aromatic nitrogens is 3. The Morgan fingerprint density at radius 2 is 2.38 bits per heavy atom. The fourth-order valence-electron chi connectivity index (χ4n) is 1.69. The van der Waals surface area contributed by atoms with Gasteiger partial charge in [0.05, 0.1) is 11.5 Å². The highest BCUT2D eigenvalue weighted by molar-refractivity contribution is 7.99. The third kappa shape index (κ3) is 4.55. The third-order valence-corrected chi connectivity index (χ3v) is 4.68. The van der Waals surface area contributed by atoms with Crippen molar-refractivity contribution < 1.29 is 9.53 Å². The van der Waals surface area contributed by atoms with Gasteiger partial charge in [-0.05, 0) is 11.4 Å². The van der Waals surface area contributed by atoms with Gasteiger partial charge in [0.25, 0.3) is 5.91 Å². The number of carbonyl (C=O) groups excluding carboxylic acids is 1. The van der Waals surface area contributed by atoms with Crippen LogP contribution in [0.5, 0.6) is 0 Å². The minimum absolute atomic E-state index is 0.0399. The molecule has 1 amide bonds. The molecule has 0 saturated heterocycles. The first kappa shape index (κ1) is 16.0. The Bertz CT molecular complexity index is 569. The number of rotatable bonds is 8. The van der Waals surface area contributed by atoms with E-state index in [2.05, 4.69) is 15.5 Å². The predicted octanol–water partition coefficient (Wildman–Crippen LogP) is 1.59. The van der Waals surface area contributed by atoms with Crippen molar-refractivity contribution in [3.8, 4) is 0 Å². The predicted molar refractivity (Wildman–Crippen MR) is 84.0 cm³/mol. The van der Waals surface area contributed by atoms with E-state index in [9.17, 15) is 4.79 Å². The highest BCUT2D eigenvalue weighted by Crippen LogP contribution is 2.15. The summed E-state index contributed by atoms with van der Waals surface area (Å²) in [6.45, 7) is 1.23. The average molecular weight is 326 g/mol. The monoisotopic (exact) mass is 326 g/mol. The Kier molecular flexibility index (Phi) is 6.21. The number of hydrogen-bond donors (Lipinski definition) is 1. The topological polar surface area (TPSA) is 69.0 Å². The van der Waals surface area contributed by atoms with E-state index < -0.39 is 0 Å². The van der Waals surface area contributed by atoms with Crippen LogP contribution in [0.4, 0.5) is 0 Å². The van der Waals surface area contributed by atoms with Crippen molar-refractivity contribution in [1.29, 1.82) is 0 Å². The summed E-state index contributed by atoms with van der Waals surface area (Å²) in [6, 6.07) is 3.68. The second-order valence-electron chi connectivity index (χ2n) is 4.28. The summed E-state index contributed by atoms with van der Waals surface area (Å²) in [5.41, 5.74) is 0. The molecular formula is C13H18N4O2S2. The first-order chi connectivity index (χ1) is 10.2. The van der Waals surface area contributed by atoms with Gasteiger partial charge >= 0.3 is 0 Å². The maximum atomic E-state index is 11.8. The lowest BCUT2D eigenvalue weighted by atomic mass is 10.3. The molecular weight excluding hydrogens is 308 g/mol. The summed E-state index contributed by atoms with van der Waals surface area (Å²) in [5, 5.41) is 13.9. The lowest BCUT2D eigenvalue weighted by molar-refractivity contribution is 0.0958. The Balaban J connectivity index is 1.79. The SMILES string of the molecule is COCCSc1nnc(CCNC(=O)c2cccs2)n1C. The second-order valence-corrected chi connectivity index (χ2v) is 6.29. The number of methoxy groups -OCH3 is 1. The summed E-state index contributed by atoms with van der Waals surface area (Å²) in [6.07, 6.45) is 0.658. The standard InChI is InChI=1S/C13H18N4O2S2/c1-17-11(15-16-13(17)21-9-7-19-2)5-6-14-12(18)10-4-3-8-20-10/h3-4,8H,5-7,9H2,1-2H3,(H,14,18). The summed E-state index contributed by atoms with van der Waals surface area (Å²) < 4.78 is 6.97. The number of ether oxygens (including phenoxy) is 1. The molecule has 2 aromatic heterocycles. The summed E-state index contributed by atoms with van der Waals surface area (Å²) >= 11 is 3.04. The molecule has 0 bridgehead atoms. The fourth-order valence-corrected chi connectivity index (χ4v) is 3.16. The van der Waals surface area contributed by atoms with Crippen LogP contribution in [0.1, 0.15) is 15.5 Å². The molecule has 0 radical (unpaired) electrons. The molecule has 6 nitrogen and oxygen atoms in total. The lowest BCUT2D eigenvalue weighted by Gasteiger charge is -2.05. The van der Waals surface area contributed by atoms with Gasteiger partial charge < -0.3 is 14.6 Å². The molecule has 114 valence electrons. The van der Waals surface area contributed by atoms with Crippen molar-refractivity contribution in [2.45, 2.75) is 11.6 Å². The van der Waals surface area contributed by atoms with Gasteiger partial charge in [0, 0.05) is 32.9 Å². The minimum Gasteiger partial charge on any atom is -0.384 e. The molecule has 0 aliphatic rings. The molecule has 0 aromatic carbocycles. The Morgan fingerprint density at radius 1 is 1.52 bits per heavy atom. The Morgan fingerprint density at radius 3 is 3.10 bits per heavy atom. The van der Waals surface area contributed by atoms with Crippen molar-refractivity contribution in [3.63, 3.8) is 0 Å². The number of thioether (sulfide) groups is 1. The Labute approximate surface area is 131 Å². The average Bonchev–Trinajstić information content (AvgIpc) is 3.12. The zero-order valence-electron chi connectivity index (χ0n) is 12.0. The molecule has 1 N–H and O–H groups in total. The van der Waals surface area contributed by atoms with Crippen LogP contribution >= 0.6 is 23.1 Å². The maximum absolute atomic E-state index is 11.8. The molecule has 0 aliphatic carbocycles.